The molecule has 1 aromatic carbocycles. The Balaban J connectivity index is 1.59. The van der Waals surface area contributed by atoms with E-state index in [1.54, 1.807) is 11.3 Å². The Morgan fingerprint density at radius 2 is 2.00 bits per heavy atom. The molecule has 3 aliphatic rings. The molecule has 0 unspecified atom stereocenters. The number of hydrogen-bond acceptors (Lipinski definition) is 4. The van der Waals surface area contributed by atoms with E-state index in [0.717, 1.165) is 30.9 Å². The fraction of sp³-hybridized carbons (Fsp3) is 0.450. The van der Waals surface area contributed by atoms with E-state index in [1.807, 2.05) is 0 Å². The van der Waals surface area contributed by atoms with Gasteiger partial charge in [0.2, 0.25) is 0 Å². The summed E-state index contributed by atoms with van der Waals surface area (Å²) in [5, 5.41) is 9.54. The molecule has 0 radical (unpaired) electrons. The fourth-order valence-electron chi connectivity index (χ4n) is 4.36. The third-order valence-corrected chi connectivity index (χ3v) is 6.69. The van der Waals surface area contributed by atoms with Crippen LogP contribution in [0.4, 0.5) is 0 Å². The number of rotatable bonds is 1. The van der Waals surface area contributed by atoms with E-state index in [2.05, 4.69) is 53.7 Å². The molecule has 4 heteroatoms. The second-order valence-corrected chi connectivity index (χ2v) is 8.30. The Bertz CT molecular complexity index is 775. The molecule has 1 spiro atoms. The lowest BCUT2D eigenvalue weighted by atomic mass is 9.82. The number of benzene rings is 1. The van der Waals surface area contributed by atoms with Crippen LogP contribution >= 0.6 is 11.3 Å². The molecular weight excluding hydrogens is 316 g/mol. The van der Waals surface area contributed by atoms with Crippen LogP contribution < -0.4 is 4.74 Å². The summed E-state index contributed by atoms with van der Waals surface area (Å²) in [5.41, 5.74) is 2.26. The summed E-state index contributed by atoms with van der Waals surface area (Å²) in [6.45, 7) is 2.35. The molecule has 3 heterocycles. The van der Waals surface area contributed by atoms with Crippen LogP contribution in [0, 0.1) is 5.92 Å². The van der Waals surface area contributed by atoms with Gasteiger partial charge in [-0.15, -0.1) is 11.3 Å². The number of hydrogen-bond donors (Lipinski definition) is 0. The molecule has 0 bridgehead atoms. The lowest BCUT2D eigenvalue weighted by Crippen LogP contribution is -2.55. The second kappa shape index (κ2) is 5.35. The Kier molecular flexibility index (Phi) is 3.24. The van der Waals surface area contributed by atoms with Gasteiger partial charge in [-0.05, 0) is 36.3 Å². The Morgan fingerprint density at radius 3 is 2.79 bits per heavy atom. The zero-order valence-corrected chi connectivity index (χ0v) is 14.8. The molecule has 5 rings (SSSR count). The average molecular weight is 338 g/mol. The van der Waals surface area contributed by atoms with Gasteiger partial charge in [0.1, 0.15) is 5.75 Å². The van der Waals surface area contributed by atoms with E-state index in [1.165, 1.54) is 29.0 Å². The minimum atomic E-state index is -0.245. The van der Waals surface area contributed by atoms with Gasteiger partial charge < -0.3 is 4.74 Å². The second-order valence-electron chi connectivity index (χ2n) is 7.36. The molecule has 1 aromatic heterocycles. The normalized spacial score (nSPS) is 31.4. The van der Waals surface area contributed by atoms with Crippen molar-refractivity contribution in [3.05, 3.63) is 52.2 Å². The summed E-state index contributed by atoms with van der Waals surface area (Å²) in [7, 11) is 0. The summed E-state index contributed by atoms with van der Waals surface area (Å²) in [4.78, 5) is 1.29. The molecule has 124 valence electrons. The molecule has 0 amide bonds. The van der Waals surface area contributed by atoms with Gasteiger partial charge in [0.25, 0.3) is 0 Å². The minimum absolute atomic E-state index is 0.245. The van der Waals surface area contributed by atoms with Gasteiger partial charge >= 0.3 is 0 Å². The molecule has 1 atom stereocenters. The molecule has 2 aliphatic heterocycles. The number of fused-ring (bicyclic) bond motifs is 4. The van der Waals surface area contributed by atoms with Crippen LogP contribution in [0.25, 0.3) is 0 Å². The third-order valence-electron chi connectivity index (χ3n) is 5.77. The van der Waals surface area contributed by atoms with Gasteiger partial charge in [-0.2, -0.15) is 5.10 Å². The summed E-state index contributed by atoms with van der Waals surface area (Å²) in [6.07, 6.45) is 5.56. The Labute approximate surface area is 146 Å². The van der Waals surface area contributed by atoms with Crippen LogP contribution in [0.3, 0.4) is 0 Å². The first kappa shape index (κ1) is 14.5. The van der Waals surface area contributed by atoms with Crippen molar-refractivity contribution in [1.29, 1.82) is 0 Å². The van der Waals surface area contributed by atoms with E-state index in [4.69, 9.17) is 9.84 Å². The number of hydrazone groups is 1. The van der Waals surface area contributed by atoms with E-state index >= 15 is 0 Å². The van der Waals surface area contributed by atoms with Crippen molar-refractivity contribution in [2.24, 2.45) is 11.0 Å². The molecule has 1 saturated carbocycles. The minimum Gasteiger partial charge on any atom is -0.466 e. The molecule has 0 saturated heterocycles. The lowest BCUT2D eigenvalue weighted by molar-refractivity contribution is -0.145. The van der Waals surface area contributed by atoms with Gasteiger partial charge in [-0.25, -0.2) is 5.01 Å². The number of nitrogens with zero attached hydrogens (tertiary/aromatic N) is 2. The highest BCUT2D eigenvalue weighted by molar-refractivity contribution is 7.12. The lowest BCUT2D eigenvalue weighted by Gasteiger charge is -2.50. The molecule has 2 aromatic rings. The van der Waals surface area contributed by atoms with Crippen molar-refractivity contribution < 1.29 is 4.74 Å². The SMILES string of the molecule is CC1CCC2(CC1)Oc1ccccc1[C@@H]1CC(c3cccs3)=NN12. The van der Waals surface area contributed by atoms with Crippen molar-refractivity contribution in [2.75, 3.05) is 0 Å². The quantitative estimate of drug-likeness (QED) is 0.714. The van der Waals surface area contributed by atoms with Crippen LogP contribution in [-0.2, 0) is 0 Å². The Morgan fingerprint density at radius 1 is 1.17 bits per heavy atom. The van der Waals surface area contributed by atoms with Crippen LogP contribution in [0.5, 0.6) is 5.75 Å². The van der Waals surface area contributed by atoms with Crippen molar-refractivity contribution in [1.82, 2.24) is 5.01 Å². The van der Waals surface area contributed by atoms with Crippen LogP contribution in [0.1, 0.15) is 55.5 Å². The largest absolute Gasteiger partial charge is 0.466 e. The van der Waals surface area contributed by atoms with Crippen molar-refractivity contribution in [3.63, 3.8) is 0 Å². The summed E-state index contributed by atoms with van der Waals surface area (Å²) < 4.78 is 6.61. The standard InChI is InChI=1S/C20H22N2OS/c1-14-8-10-20(11-9-14)22-17(15-5-2-3-6-18(15)23-20)13-16(21-22)19-7-4-12-24-19/h2-7,12,14,17H,8-11,13H2,1H3/t14?,17-,20?/m0/s1. The smallest absolute Gasteiger partial charge is 0.198 e. The van der Waals surface area contributed by atoms with Crippen molar-refractivity contribution in [3.8, 4) is 5.75 Å². The maximum Gasteiger partial charge on any atom is 0.198 e. The van der Waals surface area contributed by atoms with Gasteiger partial charge in [0, 0.05) is 24.8 Å². The molecule has 24 heavy (non-hydrogen) atoms. The first-order chi connectivity index (χ1) is 11.8. The number of para-hydroxylation sites is 1. The van der Waals surface area contributed by atoms with Gasteiger partial charge in [-0.3, -0.25) is 0 Å². The van der Waals surface area contributed by atoms with Gasteiger partial charge in [0.05, 0.1) is 16.6 Å². The maximum absolute atomic E-state index is 6.61. The van der Waals surface area contributed by atoms with Gasteiger partial charge in [-0.1, -0.05) is 31.2 Å². The first-order valence-electron chi connectivity index (χ1n) is 8.94. The summed E-state index contributed by atoms with van der Waals surface area (Å²) in [5.74, 6) is 1.86. The molecule has 1 aliphatic carbocycles. The molecule has 1 fully saturated rings. The maximum atomic E-state index is 6.61. The highest BCUT2D eigenvalue weighted by atomic mass is 32.1. The zero-order valence-electron chi connectivity index (χ0n) is 13.9. The summed E-state index contributed by atoms with van der Waals surface area (Å²) in [6, 6.07) is 13.2. The molecule has 0 N–H and O–H groups in total. The first-order valence-corrected chi connectivity index (χ1v) is 9.82. The van der Waals surface area contributed by atoms with E-state index < -0.39 is 0 Å². The van der Waals surface area contributed by atoms with Crippen molar-refractivity contribution in [2.45, 2.75) is 50.8 Å². The Hall–Kier alpha value is -1.81. The zero-order chi connectivity index (χ0) is 16.1. The highest BCUT2D eigenvalue weighted by Crippen LogP contribution is 2.51. The van der Waals surface area contributed by atoms with E-state index in [0.29, 0.717) is 6.04 Å². The molecular formula is C20H22N2OS. The predicted molar refractivity (Wildman–Crippen MR) is 97.5 cm³/mol. The predicted octanol–water partition coefficient (Wildman–Crippen LogP) is 5.20. The van der Waals surface area contributed by atoms with Gasteiger partial charge in [0.15, 0.2) is 5.72 Å². The number of ether oxygens (including phenoxy) is 1. The number of thiophene rings is 1. The fourth-order valence-corrected chi connectivity index (χ4v) is 5.09. The topological polar surface area (TPSA) is 24.8 Å². The highest BCUT2D eigenvalue weighted by Gasteiger charge is 2.51. The molecule has 3 nitrogen and oxygen atoms in total. The monoisotopic (exact) mass is 338 g/mol. The van der Waals surface area contributed by atoms with Crippen LogP contribution in [0.2, 0.25) is 0 Å². The van der Waals surface area contributed by atoms with Crippen molar-refractivity contribution >= 4 is 17.0 Å². The van der Waals surface area contributed by atoms with Crippen LogP contribution in [0.15, 0.2) is 46.9 Å². The van der Waals surface area contributed by atoms with E-state index in [9.17, 15) is 0 Å². The average Bonchev–Trinajstić information content (AvgIpc) is 3.27. The van der Waals surface area contributed by atoms with E-state index in [-0.39, 0.29) is 5.72 Å². The van der Waals surface area contributed by atoms with Crippen LogP contribution in [-0.4, -0.2) is 16.4 Å². The summed E-state index contributed by atoms with van der Waals surface area (Å²) >= 11 is 1.78. The third kappa shape index (κ3) is 2.12.